The van der Waals surface area contributed by atoms with Gasteiger partial charge in [0, 0.05) is 30.6 Å². The Kier molecular flexibility index (Phi) is 7.55. The van der Waals surface area contributed by atoms with Crippen LogP contribution >= 0.6 is 0 Å². The van der Waals surface area contributed by atoms with E-state index in [1.54, 1.807) is 0 Å². The van der Waals surface area contributed by atoms with Crippen LogP contribution in [0.5, 0.6) is 0 Å². The quantitative estimate of drug-likeness (QED) is 0.197. The Morgan fingerprint density at radius 3 is 2.38 bits per heavy atom. The van der Waals surface area contributed by atoms with Crippen molar-refractivity contribution in [2.45, 2.75) is 106 Å². The number of carbonyl (C=O) groups is 3. The molecule has 6 heteroatoms. The molecule has 0 unspecified atom stereocenters. The van der Waals surface area contributed by atoms with E-state index < -0.39 is 28.2 Å². The van der Waals surface area contributed by atoms with Gasteiger partial charge in [0.25, 0.3) is 0 Å². The van der Waals surface area contributed by atoms with Crippen LogP contribution in [0.25, 0.3) is 0 Å². The Morgan fingerprint density at radius 1 is 1.02 bits per heavy atom. The third kappa shape index (κ3) is 4.38. The second kappa shape index (κ2) is 10.4. The summed E-state index contributed by atoms with van der Waals surface area (Å²) in [6, 6.07) is 0. The number of aliphatic hydroxyl groups is 1. The number of rotatable bonds is 1. The summed E-state index contributed by atoms with van der Waals surface area (Å²) in [5.74, 6) is -2.01. The van der Waals surface area contributed by atoms with Crippen molar-refractivity contribution in [3.05, 3.63) is 57.9 Å². The minimum Gasteiger partial charge on any atom is -0.511 e. The Hall–Kier alpha value is -2.89. The van der Waals surface area contributed by atoms with Crippen LogP contribution in [0.1, 0.15) is 94.4 Å². The topological polar surface area (TPSA) is 89.9 Å². The first kappa shape index (κ1) is 30.6. The average molecular weight is 577 g/mol. The van der Waals surface area contributed by atoms with Crippen molar-refractivity contribution in [2.24, 2.45) is 40.4 Å². The summed E-state index contributed by atoms with van der Waals surface area (Å²) in [6.07, 6.45) is 11.9. The highest BCUT2D eigenvalue weighted by atomic mass is 16.6. The maximum Gasteiger partial charge on any atom is 0.346 e. The van der Waals surface area contributed by atoms with Gasteiger partial charge in [0.1, 0.15) is 17.4 Å². The lowest BCUT2D eigenvalue weighted by Crippen LogP contribution is -2.54. The van der Waals surface area contributed by atoms with Gasteiger partial charge in [-0.2, -0.15) is 0 Å². The molecule has 5 aliphatic rings. The second-order valence-electron chi connectivity index (χ2n) is 14.5. The van der Waals surface area contributed by atoms with Crippen LogP contribution in [-0.2, 0) is 23.9 Å². The third-order valence-corrected chi connectivity index (χ3v) is 11.5. The van der Waals surface area contributed by atoms with Crippen LogP contribution in [0, 0.1) is 40.4 Å². The van der Waals surface area contributed by atoms with Gasteiger partial charge in [-0.1, -0.05) is 67.4 Å². The molecule has 2 fully saturated rings. The summed E-state index contributed by atoms with van der Waals surface area (Å²) in [4.78, 5) is 40.8. The molecule has 1 saturated carbocycles. The highest BCUT2D eigenvalue weighted by Crippen LogP contribution is 2.62. The number of Topliss-reactive ketones (excluding diaryl/α,β-unsaturated/α-hetero) is 1. The Morgan fingerprint density at radius 2 is 1.71 bits per heavy atom. The normalized spacial score (nSPS) is 44.7. The van der Waals surface area contributed by atoms with Gasteiger partial charge in [0.05, 0.1) is 5.41 Å². The molecule has 2 bridgehead atoms. The summed E-state index contributed by atoms with van der Waals surface area (Å²) >= 11 is 0. The van der Waals surface area contributed by atoms with Crippen LogP contribution < -0.4 is 0 Å². The van der Waals surface area contributed by atoms with Crippen molar-refractivity contribution in [1.82, 2.24) is 0 Å². The minimum atomic E-state index is -1.42. The van der Waals surface area contributed by atoms with Gasteiger partial charge in [-0.25, -0.2) is 4.79 Å². The summed E-state index contributed by atoms with van der Waals surface area (Å²) in [5, 5.41) is 12.5. The molecule has 9 atom stereocenters. The number of hydrogen-bond acceptors (Lipinski definition) is 6. The van der Waals surface area contributed by atoms with Crippen LogP contribution in [0.3, 0.4) is 0 Å². The number of hydrogen-bond donors (Lipinski definition) is 1. The van der Waals surface area contributed by atoms with E-state index in [1.807, 2.05) is 13.8 Å². The monoisotopic (exact) mass is 576 g/mol. The predicted octanol–water partition coefficient (Wildman–Crippen LogP) is 7.52. The molecule has 0 radical (unpaired) electrons. The standard InChI is InChI=1S/C36H48O6/c1-19-11-10-12-20(2)29-22(4)15-26-27(41-25(7)37)14-13-21(3)30(26)35(29,9)31(38)28-32(39)36(42-33(28)40)18-24(6)23(5)17-34(36,8)16-19/h12,15-17,21,24,26-27,29-30,38H,10-11,13-14,18H2,1-9H3/b19-16+,20-12+,31-28?/t21-,24+,26+,27+,29-,30+,34+,35+,36-/m0/s1. The number of ether oxygens (including phenoxy) is 2. The van der Waals surface area contributed by atoms with E-state index in [1.165, 1.54) is 6.92 Å². The number of allylic oxidation sites excluding steroid dienone is 6. The van der Waals surface area contributed by atoms with Gasteiger partial charge in [-0.05, 0) is 78.1 Å². The molecule has 42 heavy (non-hydrogen) atoms. The SMILES string of the molecule is CC(=O)O[C@@H]1CC[C@H](C)[C@@H]2[C@@H]1C=C(C)[C@@H]1/C(C)=C/CC/C(C)=C/[C@]3(C)C=C(C)[C@H](C)C[C@@]34OC(=O)C(=C(O)[C@@]21C)C4=O. The average Bonchev–Trinajstić information content (AvgIpc) is 3.13. The van der Waals surface area contributed by atoms with Crippen LogP contribution in [0.2, 0.25) is 0 Å². The predicted molar refractivity (Wildman–Crippen MR) is 162 cm³/mol. The Bertz CT molecular complexity index is 1370. The molecule has 228 valence electrons. The zero-order valence-corrected chi connectivity index (χ0v) is 26.8. The number of ketones is 1. The van der Waals surface area contributed by atoms with Gasteiger partial charge in [0.2, 0.25) is 5.78 Å². The lowest BCUT2D eigenvalue weighted by molar-refractivity contribution is -0.162. The van der Waals surface area contributed by atoms with Crippen molar-refractivity contribution < 1.29 is 29.0 Å². The fraction of sp³-hybridized carbons (Fsp3) is 0.639. The van der Waals surface area contributed by atoms with Gasteiger partial charge in [-0.15, -0.1) is 0 Å². The number of aliphatic hydroxyl groups excluding tert-OH is 1. The Labute approximate surface area is 251 Å². The summed E-state index contributed by atoms with van der Waals surface area (Å²) in [5.41, 5.74) is 0.982. The number of carbonyl (C=O) groups excluding carboxylic acids is 3. The van der Waals surface area contributed by atoms with Crippen LogP contribution in [0.4, 0.5) is 0 Å². The molecule has 0 aromatic heterocycles. The van der Waals surface area contributed by atoms with Gasteiger partial charge in [0.15, 0.2) is 5.60 Å². The molecule has 1 saturated heterocycles. The number of fused-ring (bicyclic) bond motifs is 4. The van der Waals surface area contributed by atoms with Crippen LogP contribution in [0.15, 0.2) is 57.9 Å². The molecule has 1 N–H and O–H groups in total. The minimum absolute atomic E-state index is 0.0417. The van der Waals surface area contributed by atoms with Crippen molar-refractivity contribution in [2.75, 3.05) is 0 Å². The largest absolute Gasteiger partial charge is 0.511 e. The fourth-order valence-electron chi connectivity index (χ4n) is 9.60. The molecule has 0 aromatic carbocycles. The van der Waals surface area contributed by atoms with Gasteiger partial charge < -0.3 is 14.6 Å². The van der Waals surface area contributed by atoms with E-state index in [-0.39, 0.29) is 53.0 Å². The number of esters is 2. The second-order valence-corrected chi connectivity index (χ2v) is 14.5. The first-order chi connectivity index (χ1) is 19.6. The summed E-state index contributed by atoms with van der Waals surface area (Å²) in [7, 11) is 0. The van der Waals surface area contributed by atoms with Crippen molar-refractivity contribution in [3.8, 4) is 0 Å². The van der Waals surface area contributed by atoms with Crippen molar-refractivity contribution in [1.29, 1.82) is 0 Å². The van der Waals surface area contributed by atoms with E-state index in [4.69, 9.17) is 9.47 Å². The molecule has 1 aliphatic heterocycles. The van der Waals surface area contributed by atoms with Crippen LogP contribution in [-0.4, -0.2) is 34.5 Å². The van der Waals surface area contributed by atoms with Crippen molar-refractivity contribution >= 4 is 17.7 Å². The molecule has 1 spiro atoms. The smallest absolute Gasteiger partial charge is 0.346 e. The van der Waals surface area contributed by atoms with E-state index in [9.17, 15) is 19.5 Å². The van der Waals surface area contributed by atoms with E-state index in [2.05, 4.69) is 65.8 Å². The molecular weight excluding hydrogens is 528 g/mol. The maximum absolute atomic E-state index is 14.8. The highest BCUT2D eigenvalue weighted by molar-refractivity contribution is 6.26. The third-order valence-electron chi connectivity index (χ3n) is 11.5. The maximum atomic E-state index is 14.8. The molecular formula is C36H48O6. The molecule has 6 nitrogen and oxygen atoms in total. The first-order valence-electron chi connectivity index (χ1n) is 15.7. The summed E-state index contributed by atoms with van der Waals surface area (Å²) in [6.45, 7) is 18.0. The Balaban J connectivity index is 1.80. The van der Waals surface area contributed by atoms with E-state index in [0.717, 1.165) is 48.0 Å². The zero-order valence-electron chi connectivity index (χ0n) is 26.8. The molecule has 0 amide bonds. The molecule has 1 heterocycles. The van der Waals surface area contributed by atoms with E-state index in [0.29, 0.717) is 6.42 Å². The van der Waals surface area contributed by atoms with Gasteiger partial charge in [-0.3, -0.25) is 9.59 Å². The first-order valence-corrected chi connectivity index (χ1v) is 15.7. The zero-order chi connectivity index (χ0) is 30.9. The lowest BCUT2D eigenvalue weighted by atomic mass is 9.49. The van der Waals surface area contributed by atoms with Gasteiger partial charge >= 0.3 is 11.9 Å². The fourth-order valence-corrected chi connectivity index (χ4v) is 9.60. The molecule has 0 aromatic rings. The molecule has 4 aliphatic carbocycles. The van der Waals surface area contributed by atoms with Crippen molar-refractivity contribution in [3.63, 3.8) is 0 Å². The van der Waals surface area contributed by atoms with E-state index >= 15 is 0 Å². The lowest BCUT2D eigenvalue weighted by Gasteiger charge is -2.56. The molecule has 5 rings (SSSR count). The highest BCUT2D eigenvalue weighted by Gasteiger charge is 2.66. The summed E-state index contributed by atoms with van der Waals surface area (Å²) < 4.78 is 12.1.